The summed E-state index contributed by atoms with van der Waals surface area (Å²) in [6.45, 7) is 1.94. The van der Waals surface area contributed by atoms with Crippen molar-refractivity contribution in [3.05, 3.63) is 34.3 Å². The lowest BCUT2D eigenvalue weighted by Crippen LogP contribution is -2.17. The highest BCUT2D eigenvalue weighted by atomic mass is 35.5. The molecule has 1 saturated carbocycles. The van der Waals surface area contributed by atoms with Crippen LogP contribution in [0.1, 0.15) is 24.0 Å². The van der Waals surface area contributed by atoms with E-state index in [4.69, 9.17) is 16.7 Å². The Hall–Kier alpha value is -1.02. The minimum atomic E-state index is -0.671. The van der Waals surface area contributed by atoms with Crippen molar-refractivity contribution in [1.82, 2.24) is 0 Å². The van der Waals surface area contributed by atoms with E-state index in [1.807, 2.05) is 25.1 Å². The second-order valence-corrected chi connectivity index (χ2v) is 4.75. The summed E-state index contributed by atoms with van der Waals surface area (Å²) in [5.74, 6) is -0.671. The van der Waals surface area contributed by atoms with Crippen molar-refractivity contribution in [1.29, 1.82) is 0 Å². The molecule has 3 heteroatoms. The molecule has 0 unspecified atom stereocenters. The first kappa shape index (κ1) is 10.5. The molecule has 15 heavy (non-hydrogen) atoms. The van der Waals surface area contributed by atoms with Crippen LogP contribution in [0.3, 0.4) is 0 Å². The molecule has 0 aromatic heterocycles. The third kappa shape index (κ3) is 2.00. The first-order chi connectivity index (χ1) is 7.03. The van der Waals surface area contributed by atoms with Gasteiger partial charge < -0.3 is 5.11 Å². The summed E-state index contributed by atoms with van der Waals surface area (Å²) in [5.41, 5.74) is 1.59. The average Bonchev–Trinajstić information content (AvgIpc) is 2.93. The Labute approximate surface area is 93.9 Å². The van der Waals surface area contributed by atoms with E-state index in [2.05, 4.69) is 0 Å². The molecule has 0 atom stereocenters. The summed E-state index contributed by atoms with van der Waals surface area (Å²) in [4.78, 5) is 11.0. The van der Waals surface area contributed by atoms with Crippen LogP contribution < -0.4 is 0 Å². The van der Waals surface area contributed by atoms with E-state index in [0.717, 1.165) is 29.0 Å². The molecule has 1 aliphatic rings. The molecule has 1 aromatic carbocycles. The SMILES string of the molecule is Cc1cc(CC2(C(=O)O)CC2)ccc1Cl. The van der Waals surface area contributed by atoms with Crippen molar-refractivity contribution < 1.29 is 9.90 Å². The number of hydrogen-bond donors (Lipinski definition) is 1. The predicted octanol–water partition coefficient (Wildman–Crippen LogP) is 3.06. The number of carboxylic acid groups (broad SMARTS) is 1. The van der Waals surface area contributed by atoms with Crippen LogP contribution in [0.25, 0.3) is 0 Å². The van der Waals surface area contributed by atoms with Gasteiger partial charge in [0.1, 0.15) is 0 Å². The average molecular weight is 225 g/mol. The summed E-state index contributed by atoms with van der Waals surface area (Å²) in [6.07, 6.45) is 2.22. The molecular formula is C12H13ClO2. The topological polar surface area (TPSA) is 37.3 Å². The molecule has 80 valence electrons. The lowest BCUT2D eigenvalue weighted by atomic mass is 9.96. The van der Waals surface area contributed by atoms with Crippen molar-refractivity contribution in [2.45, 2.75) is 26.2 Å². The minimum Gasteiger partial charge on any atom is -0.481 e. The smallest absolute Gasteiger partial charge is 0.309 e. The van der Waals surface area contributed by atoms with Gasteiger partial charge in [-0.15, -0.1) is 0 Å². The third-order valence-corrected chi connectivity index (χ3v) is 3.50. The van der Waals surface area contributed by atoms with E-state index in [-0.39, 0.29) is 0 Å². The van der Waals surface area contributed by atoms with Gasteiger partial charge >= 0.3 is 5.97 Å². The first-order valence-corrected chi connectivity index (χ1v) is 5.40. The van der Waals surface area contributed by atoms with Crippen LogP contribution in [0.5, 0.6) is 0 Å². The largest absolute Gasteiger partial charge is 0.481 e. The van der Waals surface area contributed by atoms with E-state index >= 15 is 0 Å². The lowest BCUT2D eigenvalue weighted by Gasteiger charge is -2.10. The van der Waals surface area contributed by atoms with Crippen molar-refractivity contribution in [2.75, 3.05) is 0 Å². The Kier molecular flexibility index (Phi) is 2.47. The maximum absolute atomic E-state index is 11.0. The van der Waals surface area contributed by atoms with Crippen molar-refractivity contribution in [3.63, 3.8) is 0 Å². The van der Waals surface area contributed by atoms with E-state index in [1.165, 1.54) is 0 Å². The highest BCUT2D eigenvalue weighted by molar-refractivity contribution is 6.31. The molecule has 2 nitrogen and oxygen atoms in total. The van der Waals surface area contributed by atoms with Crippen LogP contribution in [0, 0.1) is 12.3 Å². The number of rotatable bonds is 3. The Balaban J connectivity index is 2.18. The number of aliphatic carboxylic acids is 1. The van der Waals surface area contributed by atoms with Crippen LogP contribution in [0.15, 0.2) is 18.2 Å². The van der Waals surface area contributed by atoms with Gasteiger partial charge in [-0.2, -0.15) is 0 Å². The van der Waals surface area contributed by atoms with Gasteiger partial charge in [0.15, 0.2) is 0 Å². The Bertz CT molecular complexity index is 408. The number of carbonyl (C=O) groups is 1. The summed E-state index contributed by atoms with van der Waals surface area (Å²) >= 11 is 5.91. The van der Waals surface area contributed by atoms with Crippen molar-refractivity contribution in [3.8, 4) is 0 Å². The van der Waals surface area contributed by atoms with Gasteiger partial charge in [0, 0.05) is 5.02 Å². The summed E-state index contributed by atoms with van der Waals surface area (Å²) in [7, 11) is 0. The zero-order valence-electron chi connectivity index (χ0n) is 8.59. The molecule has 0 saturated heterocycles. The lowest BCUT2D eigenvalue weighted by molar-refractivity contribution is -0.143. The number of hydrogen-bond acceptors (Lipinski definition) is 1. The number of halogens is 1. The maximum Gasteiger partial charge on any atom is 0.309 e. The zero-order valence-corrected chi connectivity index (χ0v) is 9.34. The number of benzene rings is 1. The molecular weight excluding hydrogens is 212 g/mol. The summed E-state index contributed by atoms with van der Waals surface area (Å²) in [6, 6.07) is 5.73. The quantitative estimate of drug-likeness (QED) is 0.857. The molecule has 0 aliphatic heterocycles. The number of carboxylic acids is 1. The van der Waals surface area contributed by atoms with Gasteiger partial charge in [0.25, 0.3) is 0 Å². The van der Waals surface area contributed by atoms with Crippen LogP contribution in [0.4, 0.5) is 0 Å². The van der Waals surface area contributed by atoms with Gasteiger partial charge in [-0.25, -0.2) is 0 Å². The fraction of sp³-hybridized carbons (Fsp3) is 0.417. The normalized spacial score (nSPS) is 17.5. The summed E-state index contributed by atoms with van der Waals surface area (Å²) in [5, 5.41) is 9.80. The third-order valence-electron chi connectivity index (χ3n) is 3.07. The Morgan fingerprint density at radius 1 is 1.53 bits per heavy atom. The highest BCUT2D eigenvalue weighted by Gasteiger charge is 2.49. The fourth-order valence-corrected chi connectivity index (χ4v) is 1.94. The van der Waals surface area contributed by atoms with Crippen LogP contribution in [-0.2, 0) is 11.2 Å². The Morgan fingerprint density at radius 2 is 2.20 bits per heavy atom. The molecule has 1 aliphatic carbocycles. The molecule has 2 rings (SSSR count). The molecule has 0 amide bonds. The van der Waals surface area contributed by atoms with E-state index in [9.17, 15) is 4.79 Å². The second kappa shape index (κ2) is 3.53. The second-order valence-electron chi connectivity index (χ2n) is 4.35. The molecule has 1 fully saturated rings. The van der Waals surface area contributed by atoms with E-state index < -0.39 is 11.4 Å². The van der Waals surface area contributed by atoms with Crippen molar-refractivity contribution in [2.24, 2.45) is 5.41 Å². The first-order valence-electron chi connectivity index (χ1n) is 5.02. The number of aryl methyl sites for hydroxylation is 1. The van der Waals surface area contributed by atoms with Gasteiger partial charge in [0.05, 0.1) is 5.41 Å². The van der Waals surface area contributed by atoms with E-state index in [0.29, 0.717) is 6.42 Å². The van der Waals surface area contributed by atoms with Crippen LogP contribution in [0.2, 0.25) is 5.02 Å². The Morgan fingerprint density at radius 3 is 2.67 bits per heavy atom. The molecule has 1 N–H and O–H groups in total. The zero-order chi connectivity index (χ0) is 11.1. The predicted molar refractivity (Wildman–Crippen MR) is 59.2 cm³/mol. The molecule has 0 bridgehead atoms. The standard InChI is InChI=1S/C12H13ClO2/c1-8-6-9(2-3-10(8)13)7-12(4-5-12)11(14)15/h2-3,6H,4-5,7H2,1H3,(H,14,15). The maximum atomic E-state index is 11.0. The van der Waals surface area contributed by atoms with Gasteiger partial charge in [-0.3, -0.25) is 4.79 Å². The molecule has 0 heterocycles. The van der Waals surface area contributed by atoms with Gasteiger partial charge in [0.2, 0.25) is 0 Å². The molecule has 0 radical (unpaired) electrons. The van der Waals surface area contributed by atoms with Crippen LogP contribution in [-0.4, -0.2) is 11.1 Å². The molecule has 0 spiro atoms. The fourth-order valence-electron chi connectivity index (χ4n) is 1.82. The monoisotopic (exact) mass is 224 g/mol. The highest BCUT2D eigenvalue weighted by Crippen LogP contribution is 2.48. The van der Waals surface area contributed by atoms with E-state index in [1.54, 1.807) is 0 Å². The van der Waals surface area contributed by atoms with Crippen molar-refractivity contribution >= 4 is 17.6 Å². The minimum absolute atomic E-state index is 0.486. The van der Waals surface area contributed by atoms with Crippen LogP contribution >= 0.6 is 11.6 Å². The van der Waals surface area contributed by atoms with Gasteiger partial charge in [-0.1, -0.05) is 23.7 Å². The molecule has 1 aromatic rings. The summed E-state index contributed by atoms with van der Waals surface area (Å²) < 4.78 is 0. The van der Waals surface area contributed by atoms with Gasteiger partial charge in [-0.05, 0) is 43.4 Å².